The summed E-state index contributed by atoms with van der Waals surface area (Å²) in [5.74, 6) is -0.509. The van der Waals surface area contributed by atoms with Gasteiger partial charge in [0.25, 0.3) is 0 Å². The molecule has 0 radical (unpaired) electrons. The van der Waals surface area contributed by atoms with Gasteiger partial charge in [0.1, 0.15) is 5.82 Å². The van der Waals surface area contributed by atoms with E-state index in [0.29, 0.717) is 38.0 Å². The summed E-state index contributed by atoms with van der Waals surface area (Å²) in [6.07, 6.45) is 1.76. The molecule has 1 aromatic heterocycles. The topological polar surface area (TPSA) is 92.5 Å². The summed E-state index contributed by atoms with van der Waals surface area (Å²) in [4.78, 5) is 14.2. The van der Waals surface area contributed by atoms with Gasteiger partial charge in [-0.05, 0) is 62.1 Å². The number of carbonyl (C=O) groups is 1. The van der Waals surface area contributed by atoms with Gasteiger partial charge in [-0.25, -0.2) is 17.5 Å². The van der Waals surface area contributed by atoms with Gasteiger partial charge in [-0.2, -0.15) is 0 Å². The summed E-state index contributed by atoms with van der Waals surface area (Å²) >= 11 is 5.91. The van der Waals surface area contributed by atoms with E-state index in [-0.39, 0.29) is 28.5 Å². The third-order valence-electron chi connectivity index (χ3n) is 4.82. The predicted molar refractivity (Wildman–Crippen MR) is 101 cm³/mol. The molecule has 10 heteroatoms. The molecule has 2 heterocycles. The van der Waals surface area contributed by atoms with Gasteiger partial charge in [0.05, 0.1) is 10.6 Å². The molecule has 0 spiro atoms. The zero-order valence-corrected chi connectivity index (χ0v) is 16.9. The van der Waals surface area contributed by atoms with Crippen LogP contribution in [0.15, 0.2) is 33.7 Å². The minimum Gasteiger partial charge on any atom is -0.344 e. The van der Waals surface area contributed by atoms with Crippen LogP contribution in [0.25, 0.3) is 0 Å². The zero-order chi connectivity index (χ0) is 20.3. The summed E-state index contributed by atoms with van der Waals surface area (Å²) < 4.78 is 45.3. The van der Waals surface area contributed by atoms with Gasteiger partial charge >= 0.3 is 0 Å². The minimum absolute atomic E-state index is 0.0171. The van der Waals surface area contributed by atoms with Crippen LogP contribution in [0.2, 0.25) is 5.22 Å². The predicted octanol–water partition coefficient (Wildman–Crippen LogP) is 2.68. The Labute approximate surface area is 167 Å². The Morgan fingerprint density at radius 2 is 1.96 bits per heavy atom. The lowest BCUT2D eigenvalue weighted by atomic mass is 10.0. The van der Waals surface area contributed by atoms with Crippen LogP contribution in [-0.4, -0.2) is 43.5 Å². The molecule has 0 saturated carbocycles. The third kappa shape index (κ3) is 4.89. The van der Waals surface area contributed by atoms with Gasteiger partial charge in [-0.15, -0.1) is 0 Å². The fourth-order valence-electron chi connectivity index (χ4n) is 3.18. The lowest BCUT2D eigenvalue weighted by Gasteiger charge is -2.32. The number of carbonyl (C=O) groups excluding carboxylic acids is 1. The number of nitrogens with one attached hydrogen (secondary N) is 1. The van der Waals surface area contributed by atoms with Crippen molar-refractivity contribution in [3.05, 3.63) is 46.6 Å². The number of sulfonamides is 1. The zero-order valence-electron chi connectivity index (χ0n) is 15.3. The molecule has 0 atom stereocenters. The van der Waals surface area contributed by atoms with Crippen LogP contribution in [0, 0.1) is 12.7 Å². The van der Waals surface area contributed by atoms with Crippen molar-refractivity contribution in [3.63, 3.8) is 0 Å². The Balaban J connectivity index is 1.50. The number of likely N-dealkylation sites (tertiary alicyclic amines) is 1. The van der Waals surface area contributed by atoms with E-state index in [1.54, 1.807) is 11.8 Å². The van der Waals surface area contributed by atoms with Crippen molar-refractivity contribution in [1.82, 2.24) is 14.8 Å². The first-order valence-corrected chi connectivity index (χ1v) is 10.8. The van der Waals surface area contributed by atoms with Gasteiger partial charge in [0, 0.05) is 31.1 Å². The fourth-order valence-corrected chi connectivity index (χ4v) is 4.75. The van der Waals surface area contributed by atoms with Crippen LogP contribution in [0.1, 0.15) is 30.5 Å². The third-order valence-corrected chi connectivity index (χ3v) is 6.65. The largest absolute Gasteiger partial charge is 0.344 e. The van der Waals surface area contributed by atoms with E-state index >= 15 is 0 Å². The molecule has 1 aliphatic heterocycles. The van der Waals surface area contributed by atoms with Gasteiger partial charge in [0.15, 0.2) is 0 Å². The van der Waals surface area contributed by atoms with E-state index < -0.39 is 15.8 Å². The van der Waals surface area contributed by atoms with Crippen molar-refractivity contribution in [1.29, 1.82) is 0 Å². The second-order valence-electron chi connectivity index (χ2n) is 6.75. The van der Waals surface area contributed by atoms with E-state index in [0.717, 1.165) is 17.7 Å². The number of halogens is 2. The average molecular weight is 430 g/mol. The first-order valence-electron chi connectivity index (χ1n) is 8.92. The van der Waals surface area contributed by atoms with Crippen molar-refractivity contribution in [3.8, 4) is 0 Å². The molecule has 3 rings (SSSR count). The number of hydrogen-bond donors (Lipinski definition) is 1. The Kier molecular flexibility index (Phi) is 6.36. The fraction of sp³-hybridized carbons (Fsp3) is 0.444. The number of hydrogen-bond acceptors (Lipinski definition) is 5. The Morgan fingerprint density at radius 1 is 1.32 bits per heavy atom. The summed E-state index contributed by atoms with van der Waals surface area (Å²) in [5.41, 5.74) is 1.41. The second-order valence-corrected chi connectivity index (χ2v) is 8.81. The smallest absolute Gasteiger partial charge is 0.240 e. The lowest BCUT2D eigenvalue weighted by Crippen LogP contribution is -2.46. The summed E-state index contributed by atoms with van der Waals surface area (Å²) in [5, 5.41) is 3.97. The van der Waals surface area contributed by atoms with Crippen molar-refractivity contribution >= 4 is 27.5 Å². The van der Waals surface area contributed by atoms with Crippen molar-refractivity contribution in [2.24, 2.45) is 0 Å². The van der Waals surface area contributed by atoms with E-state index in [9.17, 15) is 17.6 Å². The summed E-state index contributed by atoms with van der Waals surface area (Å²) in [6.45, 7) is 2.70. The molecule has 1 amide bonds. The van der Waals surface area contributed by atoms with E-state index in [2.05, 4.69) is 9.88 Å². The molecule has 152 valence electrons. The van der Waals surface area contributed by atoms with Crippen LogP contribution in [0.5, 0.6) is 0 Å². The molecule has 1 fully saturated rings. The summed E-state index contributed by atoms with van der Waals surface area (Å²) in [7, 11) is -3.72. The molecule has 0 unspecified atom stereocenters. The van der Waals surface area contributed by atoms with E-state index in [1.807, 2.05) is 0 Å². The van der Waals surface area contributed by atoms with Crippen LogP contribution in [0.4, 0.5) is 4.39 Å². The molecule has 0 aliphatic carbocycles. The average Bonchev–Trinajstić information content (AvgIpc) is 2.98. The van der Waals surface area contributed by atoms with Gasteiger partial charge in [0.2, 0.25) is 21.1 Å². The normalized spacial score (nSPS) is 15.8. The highest BCUT2D eigenvalue weighted by Crippen LogP contribution is 2.22. The van der Waals surface area contributed by atoms with Crippen LogP contribution < -0.4 is 4.72 Å². The maximum atomic E-state index is 13.0. The molecule has 28 heavy (non-hydrogen) atoms. The number of benzene rings is 1. The molecule has 1 saturated heterocycles. The molecular weight excluding hydrogens is 409 g/mol. The monoisotopic (exact) mass is 429 g/mol. The standard InChI is InChI=1S/C18H21ClFN3O4S/c1-12-16(18(19)27-21-12)6-7-17(24)23-10-8-14(9-11-23)22-28(25,26)15-4-2-13(20)3-5-15/h2-5,14,22H,6-11H2,1H3. The Hall–Kier alpha value is -1.97. The SMILES string of the molecule is Cc1noc(Cl)c1CCC(=O)N1CCC(NS(=O)(=O)c2ccc(F)cc2)CC1. The van der Waals surface area contributed by atoms with Gasteiger partial charge < -0.3 is 9.42 Å². The second kappa shape index (κ2) is 8.59. The highest BCUT2D eigenvalue weighted by Gasteiger charge is 2.27. The number of aromatic nitrogens is 1. The molecular formula is C18H21ClFN3O4S. The quantitative estimate of drug-likeness (QED) is 0.762. The maximum Gasteiger partial charge on any atom is 0.240 e. The maximum absolute atomic E-state index is 13.0. The first kappa shape index (κ1) is 20.8. The first-order chi connectivity index (χ1) is 13.3. The van der Waals surface area contributed by atoms with E-state index in [1.165, 1.54) is 12.1 Å². The molecule has 1 aromatic carbocycles. The number of nitrogens with zero attached hydrogens (tertiary/aromatic N) is 2. The number of aryl methyl sites for hydroxylation is 1. The van der Waals surface area contributed by atoms with Crippen molar-refractivity contribution in [2.45, 2.75) is 43.5 Å². The summed E-state index contributed by atoms with van der Waals surface area (Å²) in [6, 6.07) is 4.41. The Morgan fingerprint density at radius 3 is 2.54 bits per heavy atom. The number of amides is 1. The molecule has 1 N–H and O–H groups in total. The minimum atomic E-state index is -3.72. The number of piperidine rings is 1. The lowest BCUT2D eigenvalue weighted by molar-refractivity contribution is -0.132. The van der Waals surface area contributed by atoms with Crippen LogP contribution in [-0.2, 0) is 21.2 Å². The van der Waals surface area contributed by atoms with Gasteiger partial charge in [-0.1, -0.05) is 5.16 Å². The molecule has 0 bridgehead atoms. The van der Waals surface area contributed by atoms with Crippen molar-refractivity contribution < 1.29 is 22.1 Å². The molecule has 2 aromatic rings. The highest BCUT2D eigenvalue weighted by atomic mass is 35.5. The number of rotatable bonds is 6. The van der Waals surface area contributed by atoms with Crippen LogP contribution >= 0.6 is 11.6 Å². The van der Waals surface area contributed by atoms with E-state index in [4.69, 9.17) is 16.1 Å². The highest BCUT2D eigenvalue weighted by molar-refractivity contribution is 7.89. The molecule has 7 nitrogen and oxygen atoms in total. The van der Waals surface area contributed by atoms with Crippen molar-refractivity contribution in [2.75, 3.05) is 13.1 Å². The van der Waals surface area contributed by atoms with Gasteiger partial charge in [-0.3, -0.25) is 4.79 Å². The Bertz CT molecular complexity index is 919. The van der Waals surface area contributed by atoms with Crippen LogP contribution in [0.3, 0.4) is 0 Å². The molecule has 1 aliphatic rings.